The van der Waals surface area contributed by atoms with Crippen LogP contribution in [0.15, 0.2) is 54.9 Å². The number of anilines is 2. The van der Waals surface area contributed by atoms with Crippen molar-refractivity contribution < 1.29 is 19.0 Å². The number of hydrogen-bond donors (Lipinski definition) is 1. The van der Waals surface area contributed by atoms with E-state index in [0.717, 1.165) is 11.1 Å². The Balaban J connectivity index is 1.73. The fraction of sp³-hybridized carbons (Fsp3) is 0.136. The van der Waals surface area contributed by atoms with E-state index in [1.807, 2.05) is 22.9 Å². The SMILES string of the molecule is COc1cc(Nc2ncc3ccn(-c4cccc(C(=O)Cl)c4)c3n2)cc(OC)c1OC. The molecule has 0 amide bonds. The highest BCUT2D eigenvalue weighted by molar-refractivity contribution is 6.67. The molecule has 31 heavy (non-hydrogen) atoms. The van der Waals surface area contributed by atoms with Crippen LogP contribution in [0.4, 0.5) is 11.6 Å². The lowest BCUT2D eigenvalue weighted by atomic mass is 10.2. The van der Waals surface area contributed by atoms with Gasteiger partial charge >= 0.3 is 0 Å². The average molecular weight is 439 g/mol. The van der Waals surface area contributed by atoms with E-state index in [4.69, 9.17) is 25.8 Å². The number of carbonyl (C=O) groups is 1. The van der Waals surface area contributed by atoms with Crippen molar-refractivity contribution in [2.45, 2.75) is 0 Å². The number of methoxy groups -OCH3 is 3. The normalized spacial score (nSPS) is 10.7. The van der Waals surface area contributed by atoms with Crippen LogP contribution in [0.5, 0.6) is 17.2 Å². The highest BCUT2D eigenvalue weighted by atomic mass is 35.5. The topological polar surface area (TPSA) is 87.5 Å². The van der Waals surface area contributed by atoms with E-state index in [0.29, 0.717) is 40.1 Å². The average Bonchev–Trinajstić information content (AvgIpc) is 3.21. The highest BCUT2D eigenvalue weighted by Gasteiger charge is 2.15. The van der Waals surface area contributed by atoms with E-state index >= 15 is 0 Å². The van der Waals surface area contributed by atoms with Crippen molar-refractivity contribution in [1.82, 2.24) is 14.5 Å². The Labute approximate surface area is 183 Å². The van der Waals surface area contributed by atoms with Crippen LogP contribution in [0.2, 0.25) is 0 Å². The summed E-state index contributed by atoms with van der Waals surface area (Å²) in [5.74, 6) is 1.90. The number of fused-ring (bicyclic) bond motifs is 1. The van der Waals surface area contributed by atoms with Crippen LogP contribution in [0.25, 0.3) is 16.7 Å². The summed E-state index contributed by atoms with van der Waals surface area (Å²) in [5.41, 5.74) is 2.51. The van der Waals surface area contributed by atoms with E-state index in [1.165, 1.54) is 0 Å². The van der Waals surface area contributed by atoms with Crippen LogP contribution in [0.1, 0.15) is 10.4 Å². The Morgan fingerprint density at radius 2 is 1.77 bits per heavy atom. The number of ether oxygens (including phenoxy) is 3. The van der Waals surface area contributed by atoms with Crippen LogP contribution in [0.3, 0.4) is 0 Å². The van der Waals surface area contributed by atoms with Gasteiger partial charge in [0.1, 0.15) is 5.65 Å². The fourth-order valence-corrected chi connectivity index (χ4v) is 3.36. The van der Waals surface area contributed by atoms with Crippen molar-refractivity contribution in [1.29, 1.82) is 0 Å². The molecule has 0 radical (unpaired) electrons. The zero-order chi connectivity index (χ0) is 22.0. The van der Waals surface area contributed by atoms with Crippen molar-refractivity contribution in [3.05, 3.63) is 60.4 Å². The lowest BCUT2D eigenvalue weighted by Gasteiger charge is -2.14. The number of carbonyl (C=O) groups excluding carboxylic acids is 1. The predicted octanol–water partition coefficient (Wildman–Crippen LogP) is 4.57. The first-order valence-corrected chi connectivity index (χ1v) is 9.63. The minimum atomic E-state index is -0.516. The first-order chi connectivity index (χ1) is 15.0. The molecule has 2 aromatic heterocycles. The van der Waals surface area contributed by atoms with E-state index in [1.54, 1.807) is 57.9 Å². The van der Waals surface area contributed by atoms with Crippen molar-refractivity contribution in [2.24, 2.45) is 0 Å². The van der Waals surface area contributed by atoms with Gasteiger partial charge in [-0.25, -0.2) is 4.98 Å². The molecule has 0 aliphatic carbocycles. The van der Waals surface area contributed by atoms with Crippen molar-refractivity contribution in [2.75, 3.05) is 26.6 Å². The van der Waals surface area contributed by atoms with Gasteiger partial charge in [0.15, 0.2) is 11.5 Å². The number of aromatic nitrogens is 3. The molecule has 2 aromatic carbocycles. The lowest BCUT2D eigenvalue weighted by molar-refractivity contribution is 0.108. The second kappa shape index (κ2) is 8.53. The van der Waals surface area contributed by atoms with Gasteiger partial charge < -0.3 is 24.1 Å². The molecule has 0 atom stereocenters. The molecule has 4 aromatic rings. The third kappa shape index (κ3) is 3.97. The lowest BCUT2D eigenvalue weighted by Crippen LogP contribution is -2.02. The van der Waals surface area contributed by atoms with Gasteiger partial charge in [-0.1, -0.05) is 6.07 Å². The smallest absolute Gasteiger partial charge is 0.252 e. The largest absolute Gasteiger partial charge is 0.493 e. The van der Waals surface area contributed by atoms with Crippen LogP contribution in [-0.4, -0.2) is 41.1 Å². The Kier molecular flexibility index (Phi) is 5.64. The quantitative estimate of drug-likeness (QED) is 0.423. The number of rotatable bonds is 7. The predicted molar refractivity (Wildman–Crippen MR) is 118 cm³/mol. The Bertz CT molecular complexity index is 1250. The summed E-state index contributed by atoms with van der Waals surface area (Å²) in [6.45, 7) is 0. The van der Waals surface area contributed by atoms with Crippen LogP contribution in [-0.2, 0) is 0 Å². The van der Waals surface area contributed by atoms with Gasteiger partial charge in [0.25, 0.3) is 5.24 Å². The van der Waals surface area contributed by atoms with Crippen LogP contribution >= 0.6 is 11.6 Å². The summed E-state index contributed by atoms with van der Waals surface area (Å²) >= 11 is 5.63. The van der Waals surface area contributed by atoms with Gasteiger partial charge in [-0.3, -0.25) is 4.79 Å². The third-order valence-electron chi connectivity index (χ3n) is 4.70. The maximum absolute atomic E-state index is 11.5. The van der Waals surface area contributed by atoms with Crippen molar-refractivity contribution in [3.63, 3.8) is 0 Å². The van der Waals surface area contributed by atoms with Gasteiger partial charge in [0.2, 0.25) is 11.7 Å². The number of nitrogens with zero attached hydrogens (tertiary/aromatic N) is 3. The van der Waals surface area contributed by atoms with Crippen molar-refractivity contribution in [3.8, 4) is 22.9 Å². The number of hydrogen-bond acceptors (Lipinski definition) is 7. The number of halogens is 1. The van der Waals surface area contributed by atoms with Crippen LogP contribution < -0.4 is 19.5 Å². The molecule has 0 unspecified atom stereocenters. The second-order valence-electron chi connectivity index (χ2n) is 6.52. The molecule has 0 fully saturated rings. The van der Waals surface area contributed by atoms with E-state index in [-0.39, 0.29) is 0 Å². The fourth-order valence-electron chi connectivity index (χ4n) is 3.25. The first-order valence-electron chi connectivity index (χ1n) is 9.25. The molecule has 8 nitrogen and oxygen atoms in total. The summed E-state index contributed by atoms with van der Waals surface area (Å²) in [5, 5.41) is 3.50. The molecule has 158 valence electrons. The standard InChI is InChI=1S/C22H19ClN4O4/c1-29-17-10-15(11-18(30-2)19(17)31-3)25-22-24-12-14-7-8-27(21(14)26-22)16-6-4-5-13(9-16)20(23)28/h4-12H,1-3H3,(H,24,25,26). The third-order valence-corrected chi connectivity index (χ3v) is 4.92. The molecule has 0 saturated carbocycles. The molecule has 0 aliphatic heterocycles. The van der Waals surface area contributed by atoms with Gasteiger partial charge in [-0.15, -0.1) is 0 Å². The first kappa shape index (κ1) is 20.5. The Morgan fingerprint density at radius 1 is 1.03 bits per heavy atom. The molecule has 0 spiro atoms. The molecular formula is C22H19ClN4O4. The molecule has 2 heterocycles. The molecule has 1 N–H and O–H groups in total. The van der Waals surface area contributed by atoms with Gasteiger partial charge in [0.05, 0.1) is 21.3 Å². The van der Waals surface area contributed by atoms with E-state index in [2.05, 4.69) is 15.3 Å². The summed E-state index contributed by atoms with van der Waals surface area (Å²) in [6, 6.07) is 12.4. The summed E-state index contributed by atoms with van der Waals surface area (Å²) in [4.78, 5) is 20.6. The second-order valence-corrected chi connectivity index (χ2v) is 6.86. The summed E-state index contributed by atoms with van der Waals surface area (Å²) < 4.78 is 18.0. The Hall–Kier alpha value is -3.78. The maximum Gasteiger partial charge on any atom is 0.252 e. The van der Waals surface area contributed by atoms with Crippen molar-refractivity contribution >= 4 is 39.5 Å². The molecular weight excluding hydrogens is 420 g/mol. The highest BCUT2D eigenvalue weighted by Crippen LogP contribution is 2.40. The molecule has 0 aliphatic rings. The molecule has 9 heteroatoms. The minimum absolute atomic E-state index is 0.381. The number of nitrogens with one attached hydrogen (secondary N) is 1. The summed E-state index contributed by atoms with van der Waals surface area (Å²) in [7, 11) is 4.65. The monoisotopic (exact) mass is 438 g/mol. The molecule has 0 bridgehead atoms. The summed E-state index contributed by atoms with van der Waals surface area (Å²) in [6.07, 6.45) is 3.58. The molecule has 0 saturated heterocycles. The Morgan fingerprint density at radius 3 is 2.42 bits per heavy atom. The maximum atomic E-state index is 11.5. The minimum Gasteiger partial charge on any atom is -0.493 e. The van der Waals surface area contributed by atoms with Gasteiger partial charge in [0, 0.05) is 46.9 Å². The van der Waals surface area contributed by atoms with E-state index in [9.17, 15) is 4.79 Å². The zero-order valence-electron chi connectivity index (χ0n) is 17.0. The number of benzene rings is 2. The van der Waals surface area contributed by atoms with Gasteiger partial charge in [-0.05, 0) is 35.9 Å². The van der Waals surface area contributed by atoms with Crippen LogP contribution in [0, 0.1) is 0 Å². The van der Waals surface area contributed by atoms with E-state index < -0.39 is 5.24 Å². The molecule has 4 rings (SSSR count). The van der Waals surface area contributed by atoms with Gasteiger partial charge in [-0.2, -0.15) is 4.98 Å². The zero-order valence-corrected chi connectivity index (χ0v) is 17.8.